The highest BCUT2D eigenvalue weighted by Gasteiger charge is 2.26. The minimum Gasteiger partial charge on any atom is -0.460 e. The molecule has 1 aromatic heterocycles. The molecule has 6 nitrogen and oxygen atoms in total. The molecule has 3 N–H and O–H groups in total. The highest BCUT2D eigenvalue weighted by atomic mass is 16.5. The van der Waals surface area contributed by atoms with Crippen molar-refractivity contribution in [3.8, 4) is 0 Å². The number of nitrogens with zero attached hydrogens (tertiary/aromatic N) is 2. The minimum atomic E-state index is -0.536. The Labute approximate surface area is 94.6 Å². The van der Waals surface area contributed by atoms with E-state index in [1.807, 2.05) is 20.8 Å². The predicted molar refractivity (Wildman–Crippen MR) is 58.7 cm³/mol. The van der Waals surface area contributed by atoms with Gasteiger partial charge in [-0.05, 0) is 12.3 Å². The zero-order valence-electron chi connectivity index (χ0n) is 10.1. The number of aromatic amines is 1. The second kappa shape index (κ2) is 4.61. The number of aromatic nitrogens is 3. The third kappa shape index (κ3) is 2.79. The average molecular weight is 226 g/mol. The Balaban J connectivity index is 2.83. The Morgan fingerprint density at radius 2 is 2.19 bits per heavy atom. The van der Waals surface area contributed by atoms with Crippen molar-refractivity contribution in [2.45, 2.75) is 33.7 Å². The number of nitrogens with two attached hydrogens (primary N) is 1. The van der Waals surface area contributed by atoms with Gasteiger partial charge in [0.2, 0.25) is 0 Å². The summed E-state index contributed by atoms with van der Waals surface area (Å²) in [5, 5.41) is 6.44. The maximum atomic E-state index is 11.3. The summed E-state index contributed by atoms with van der Waals surface area (Å²) >= 11 is 0. The van der Waals surface area contributed by atoms with Crippen LogP contribution in [0.3, 0.4) is 0 Å². The van der Waals surface area contributed by atoms with Gasteiger partial charge in [0.05, 0.1) is 12.6 Å². The molecule has 1 atom stereocenters. The van der Waals surface area contributed by atoms with Gasteiger partial charge in [0, 0.05) is 0 Å². The quantitative estimate of drug-likeness (QED) is 0.751. The molecule has 1 heterocycles. The molecule has 16 heavy (non-hydrogen) atoms. The van der Waals surface area contributed by atoms with Crippen LogP contribution in [0.1, 0.15) is 50.2 Å². The van der Waals surface area contributed by atoms with Gasteiger partial charge >= 0.3 is 5.97 Å². The second-order valence-electron chi connectivity index (χ2n) is 4.61. The van der Waals surface area contributed by atoms with Crippen LogP contribution in [0.2, 0.25) is 0 Å². The fourth-order valence-electron chi connectivity index (χ4n) is 1.11. The molecule has 0 unspecified atom stereocenters. The van der Waals surface area contributed by atoms with Crippen LogP contribution in [0.15, 0.2) is 0 Å². The van der Waals surface area contributed by atoms with Crippen molar-refractivity contribution in [1.82, 2.24) is 15.2 Å². The Kier molecular flexibility index (Phi) is 3.64. The molecule has 0 saturated carbocycles. The zero-order valence-corrected chi connectivity index (χ0v) is 10.1. The van der Waals surface area contributed by atoms with Gasteiger partial charge in [-0.2, -0.15) is 0 Å². The Bertz CT molecular complexity index is 367. The van der Waals surface area contributed by atoms with Crippen LogP contribution in [0.5, 0.6) is 0 Å². The Morgan fingerprint density at radius 1 is 1.56 bits per heavy atom. The van der Waals surface area contributed by atoms with E-state index >= 15 is 0 Å². The Morgan fingerprint density at radius 3 is 2.69 bits per heavy atom. The zero-order chi connectivity index (χ0) is 12.3. The van der Waals surface area contributed by atoms with Gasteiger partial charge in [-0.3, -0.25) is 5.10 Å². The summed E-state index contributed by atoms with van der Waals surface area (Å²) in [5.74, 6) is -0.0155. The molecular formula is C10H18N4O2. The highest BCUT2D eigenvalue weighted by Crippen LogP contribution is 2.27. The van der Waals surface area contributed by atoms with Gasteiger partial charge in [0.1, 0.15) is 5.82 Å². The Hall–Kier alpha value is -1.43. The van der Waals surface area contributed by atoms with Crippen LogP contribution < -0.4 is 5.73 Å². The van der Waals surface area contributed by atoms with Crippen LogP contribution >= 0.6 is 0 Å². The van der Waals surface area contributed by atoms with Crippen LogP contribution in [-0.2, 0) is 4.74 Å². The summed E-state index contributed by atoms with van der Waals surface area (Å²) in [6.07, 6.45) is 0. The molecule has 0 fully saturated rings. The third-order valence-electron chi connectivity index (χ3n) is 2.19. The van der Waals surface area contributed by atoms with E-state index in [9.17, 15) is 4.79 Å². The molecule has 1 rings (SSSR count). The van der Waals surface area contributed by atoms with E-state index in [2.05, 4.69) is 15.2 Å². The van der Waals surface area contributed by atoms with E-state index in [0.717, 1.165) is 0 Å². The van der Waals surface area contributed by atoms with E-state index in [1.165, 1.54) is 0 Å². The monoisotopic (exact) mass is 226 g/mol. The molecule has 0 aliphatic carbocycles. The average Bonchev–Trinajstić information content (AvgIpc) is 2.64. The second-order valence-corrected chi connectivity index (χ2v) is 4.61. The number of hydrogen-bond donors (Lipinski definition) is 2. The number of carbonyl (C=O) groups is 1. The first kappa shape index (κ1) is 12.6. The SMILES string of the molecule is CCOC(=O)c1n[nH]c([C@H](N)C(C)(C)C)n1. The lowest BCUT2D eigenvalue weighted by atomic mass is 9.87. The molecule has 90 valence electrons. The van der Waals surface area contributed by atoms with Crippen molar-refractivity contribution in [2.75, 3.05) is 6.61 Å². The van der Waals surface area contributed by atoms with Gasteiger partial charge < -0.3 is 10.5 Å². The fraction of sp³-hybridized carbons (Fsp3) is 0.700. The number of hydrogen-bond acceptors (Lipinski definition) is 5. The fourth-order valence-corrected chi connectivity index (χ4v) is 1.11. The van der Waals surface area contributed by atoms with Crippen molar-refractivity contribution in [3.05, 3.63) is 11.6 Å². The summed E-state index contributed by atoms with van der Waals surface area (Å²) in [6, 6.07) is -0.303. The van der Waals surface area contributed by atoms with Crippen molar-refractivity contribution >= 4 is 5.97 Å². The van der Waals surface area contributed by atoms with Crippen molar-refractivity contribution in [1.29, 1.82) is 0 Å². The molecular weight excluding hydrogens is 208 g/mol. The van der Waals surface area contributed by atoms with Gasteiger partial charge in [-0.1, -0.05) is 20.8 Å². The van der Waals surface area contributed by atoms with Crippen LogP contribution in [0.25, 0.3) is 0 Å². The lowest BCUT2D eigenvalue weighted by molar-refractivity contribution is 0.0512. The van der Waals surface area contributed by atoms with Crippen molar-refractivity contribution in [3.63, 3.8) is 0 Å². The smallest absolute Gasteiger partial charge is 0.378 e. The summed E-state index contributed by atoms with van der Waals surface area (Å²) in [6.45, 7) is 8.00. The van der Waals surface area contributed by atoms with Crippen molar-refractivity contribution in [2.24, 2.45) is 11.1 Å². The van der Waals surface area contributed by atoms with Gasteiger partial charge in [-0.25, -0.2) is 9.78 Å². The number of carbonyl (C=O) groups excluding carboxylic acids is 1. The lowest BCUT2D eigenvalue weighted by Gasteiger charge is -2.24. The lowest BCUT2D eigenvalue weighted by Crippen LogP contribution is -2.27. The summed E-state index contributed by atoms with van der Waals surface area (Å²) in [7, 11) is 0. The maximum absolute atomic E-state index is 11.3. The van der Waals surface area contributed by atoms with E-state index in [0.29, 0.717) is 12.4 Å². The topological polar surface area (TPSA) is 93.9 Å². The van der Waals surface area contributed by atoms with Crippen LogP contribution in [0, 0.1) is 5.41 Å². The number of rotatable bonds is 3. The molecule has 0 spiro atoms. The molecule has 0 bridgehead atoms. The molecule has 0 aliphatic heterocycles. The first-order valence-corrected chi connectivity index (χ1v) is 5.21. The normalized spacial score (nSPS) is 13.6. The minimum absolute atomic E-state index is 0.0246. The summed E-state index contributed by atoms with van der Waals surface area (Å²) < 4.78 is 4.78. The first-order chi connectivity index (χ1) is 7.36. The predicted octanol–water partition coefficient (Wildman–Crippen LogP) is 1.03. The molecule has 0 radical (unpaired) electrons. The van der Waals surface area contributed by atoms with E-state index < -0.39 is 5.97 Å². The van der Waals surface area contributed by atoms with E-state index in [-0.39, 0.29) is 17.3 Å². The molecule has 0 aliphatic rings. The van der Waals surface area contributed by atoms with Crippen molar-refractivity contribution < 1.29 is 9.53 Å². The first-order valence-electron chi connectivity index (χ1n) is 5.21. The number of ether oxygens (including phenoxy) is 1. The van der Waals surface area contributed by atoms with E-state index in [1.54, 1.807) is 6.92 Å². The maximum Gasteiger partial charge on any atom is 0.378 e. The summed E-state index contributed by atoms with van der Waals surface area (Å²) in [4.78, 5) is 15.4. The van der Waals surface area contributed by atoms with Crippen LogP contribution in [0.4, 0.5) is 0 Å². The number of esters is 1. The highest BCUT2D eigenvalue weighted by molar-refractivity contribution is 5.84. The summed E-state index contributed by atoms with van der Waals surface area (Å²) in [5.41, 5.74) is 5.83. The third-order valence-corrected chi connectivity index (χ3v) is 2.19. The molecule has 1 aromatic rings. The van der Waals surface area contributed by atoms with Crippen LogP contribution in [-0.4, -0.2) is 27.8 Å². The van der Waals surface area contributed by atoms with Gasteiger partial charge in [-0.15, -0.1) is 5.10 Å². The molecule has 0 aromatic carbocycles. The standard InChI is InChI=1S/C10H18N4O2/c1-5-16-9(15)8-12-7(13-14-8)6(11)10(2,3)4/h6H,5,11H2,1-4H3,(H,12,13,14)/t6-/m0/s1. The van der Waals surface area contributed by atoms with E-state index in [4.69, 9.17) is 10.5 Å². The number of H-pyrrole nitrogens is 1. The molecule has 6 heteroatoms. The number of nitrogens with one attached hydrogen (secondary N) is 1. The molecule has 0 amide bonds. The largest absolute Gasteiger partial charge is 0.460 e. The van der Waals surface area contributed by atoms with Gasteiger partial charge in [0.15, 0.2) is 0 Å². The molecule has 0 saturated heterocycles. The van der Waals surface area contributed by atoms with Gasteiger partial charge in [0.25, 0.3) is 5.82 Å².